The van der Waals surface area contributed by atoms with Crippen LogP contribution in [0.2, 0.25) is 0 Å². The zero-order valence-corrected chi connectivity index (χ0v) is 17.9. The summed E-state index contributed by atoms with van der Waals surface area (Å²) in [6, 6.07) is 3.72. The number of pyridine rings is 2. The zero-order chi connectivity index (χ0) is 21.4. The van der Waals surface area contributed by atoms with Crippen molar-refractivity contribution in [3.8, 4) is 11.1 Å². The minimum absolute atomic E-state index is 0.151. The molecule has 0 spiro atoms. The minimum Gasteiger partial charge on any atom is -0.330 e. The number of aryl methyl sites for hydroxylation is 3. The third-order valence-corrected chi connectivity index (χ3v) is 6.16. The van der Waals surface area contributed by atoms with E-state index < -0.39 is 0 Å². The molecule has 156 valence electrons. The SMILES string of the molecule is Cc1cnccc1-c1cn[nH]c1[C@H]1CCCCN1C(=O)c1c(C)cc(C)n(C)c1=O. The molecule has 1 aliphatic rings. The Morgan fingerprint density at radius 3 is 2.70 bits per heavy atom. The number of nitrogens with one attached hydrogen (secondary N) is 1. The lowest BCUT2D eigenvalue weighted by Crippen LogP contribution is -2.42. The number of aromatic amines is 1. The van der Waals surface area contributed by atoms with E-state index in [1.807, 2.05) is 50.2 Å². The Bertz CT molecular complexity index is 1160. The van der Waals surface area contributed by atoms with Crippen molar-refractivity contribution in [1.82, 2.24) is 24.6 Å². The predicted octanol–water partition coefficient (Wildman–Crippen LogP) is 3.46. The Morgan fingerprint density at radius 1 is 1.13 bits per heavy atom. The van der Waals surface area contributed by atoms with Gasteiger partial charge in [0.25, 0.3) is 11.5 Å². The van der Waals surface area contributed by atoms with Crippen molar-refractivity contribution in [2.75, 3.05) is 6.54 Å². The van der Waals surface area contributed by atoms with E-state index in [2.05, 4.69) is 15.2 Å². The molecule has 1 saturated heterocycles. The molecule has 0 bridgehead atoms. The van der Waals surface area contributed by atoms with Gasteiger partial charge in [-0.1, -0.05) is 0 Å². The maximum absolute atomic E-state index is 13.6. The highest BCUT2D eigenvalue weighted by Crippen LogP contribution is 2.37. The van der Waals surface area contributed by atoms with Gasteiger partial charge in [-0.05, 0) is 68.9 Å². The second-order valence-electron chi connectivity index (χ2n) is 8.11. The standard InChI is InChI=1S/C23H27N5O2/c1-14-11-16(3)27(4)22(29)20(14)23(30)28-10-6-5-7-19(28)21-18(13-25-26-21)17-8-9-24-12-15(17)2/h8-9,11-13,19H,5-7,10H2,1-4H3,(H,25,26)/t19-/m1/s1. The van der Waals surface area contributed by atoms with Crippen LogP contribution in [0.4, 0.5) is 0 Å². The summed E-state index contributed by atoms with van der Waals surface area (Å²) in [6.45, 7) is 6.35. The molecule has 3 aromatic rings. The maximum atomic E-state index is 13.6. The summed E-state index contributed by atoms with van der Waals surface area (Å²) in [5.41, 5.74) is 5.58. The Kier molecular flexibility index (Phi) is 5.28. The van der Waals surface area contributed by atoms with Crippen molar-refractivity contribution in [3.63, 3.8) is 0 Å². The smallest absolute Gasteiger partial charge is 0.263 e. The lowest BCUT2D eigenvalue weighted by Gasteiger charge is -2.36. The normalized spacial score (nSPS) is 16.7. The molecule has 0 unspecified atom stereocenters. The molecule has 4 rings (SSSR count). The summed E-state index contributed by atoms with van der Waals surface area (Å²) in [6.07, 6.45) is 8.18. The lowest BCUT2D eigenvalue weighted by atomic mass is 9.92. The van der Waals surface area contributed by atoms with Crippen LogP contribution in [0, 0.1) is 20.8 Å². The van der Waals surface area contributed by atoms with Gasteiger partial charge in [0.15, 0.2) is 0 Å². The van der Waals surface area contributed by atoms with Crippen molar-refractivity contribution in [1.29, 1.82) is 0 Å². The number of aromatic nitrogens is 4. The van der Waals surface area contributed by atoms with E-state index in [-0.39, 0.29) is 23.1 Å². The van der Waals surface area contributed by atoms with E-state index >= 15 is 0 Å². The van der Waals surface area contributed by atoms with Gasteiger partial charge >= 0.3 is 0 Å². The van der Waals surface area contributed by atoms with Gasteiger partial charge < -0.3 is 9.47 Å². The highest BCUT2D eigenvalue weighted by molar-refractivity contribution is 5.95. The number of hydrogen-bond donors (Lipinski definition) is 1. The van der Waals surface area contributed by atoms with Crippen LogP contribution in [-0.4, -0.2) is 37.1 Å². The average molecular weight is 406 g/mol. The first-order chi connectivity index (χ1) is 14.4. The van der Waals surface area contributed by atoms with E-state index in [9.17, 15) is 9.59 Å². The number of amides is 1. The molecule has 0 radical (unpaired) electrons. The van der Waals surface area contributed by atoms with Crippen molar-refractivity contribution in [3.05, 3.63) is 69.2 Å². The molecule has 4 heterocycles. The summed E-state index contributed by atoms with van der Waals surface area (Å²) in [5.74, 6) is -0.204. The largest absolute Gasteiger partial charge is 0.330 e. The average Bonchev–Trinajstić information content (AvgIpc) is 3.22. The summed E-state index contributed by atoms with van der Waals surface area (Å²) >= 11 is 0. The van der Waals surface area contributed by atoms with Gasteiger partial charge in [-0.3, -0.25) is 19.7 Å². The van der Waals surface area contributed by atoms with Crippen LogP contribution in [0.1, 0.15) is 58.2 Å². The molecular weight excluding hydrogens is 378 g/mol. The molecule has 1 N–H and O–H groups in total. The van der Waals surface area contributed by atoms with Crippen LogP contribution in [0.15, 0.2) is 35.5 Å². The fraction of sp³-hybridized carbons (Fsp3) is 0.391. The van der Waals surface area contributed by atoms with Gasteiger partial charge in [0.2, 0.25) is 0 Å². The molecule has 0 aliphatic carbocycles. The molecule has 1 aliphatic heterocycles. The van der Waals surface area contributed by atoms with Crippen molar-refractivity contribution >= 4 is 5.91 Å². The van der Waals surface area contributed by atoms with Crippen LogP contribution in [0.3, 0.4) is 0 Å². The number of hydrogen-bond acceptors (Lipinski definition) is 4. The number of nitrogens with zero attached hydrogens (tertiary/aromatic N) is 4. The van der Waals surface area contributed by atoms with Gasteiger partial charge in [0.1, 0.15) is 5.56 Å². The monoisotopic (exact) mass is 405 g/mol. The van der Waals surface area contributed by atoms with Crippen LogP contribution in [0.25, 0.3) is 11.1 Å². The second kappa shape index (κ2) is 7.89. The number of carbonyl (C=O) groups is 1. The van der Waals surface area contributed by atoms with Crippen molar-refractivity contribution in [2.45, 2.75) is 46.1 Å². The van der Waals surface area contributed by atoms with Gasteiger partial charge in [-0.2, -0.15) is 5.10 Å². The number of H-pyrrole nitrogens is 1. The molecule has 30 heavy (non-hydrogen) atoms. The fourth-order valence-electron chi connectivity index (χ4n) is 4.40. The van der Waals surface area contributed by atoms with Gasteiger partial charge in [0, 0.05) is 37.2 Å². The van der Waals surface area contributed by atoms with Crippen LogP contribution < -0.4 is 5.56 Å². The molecule has 0 aromatic carbocycles. The quantitative estimate of drug-likeness (QED) is 0.723. The van der Waals surface area contributed by atoms with Gasteiger partial charge in [0.05, 0.1) is 17.9 Å². The zero-order valence-electron chi connectivity index (χ0n) is 17.9. The summed E-state index contributed by atoms with van der Waals surface area (Å²) < 4.78 is 1.54. The fourth-order valence-corrected chi connectivity index (χ4v) is 4.40. The van der Waals surface area contributed by atoms with E-state index in [0.717, 1.165) is 52.9 Å². The topological polar surface area (TPSA) is 83.9 Å². The molecule has 7 heteroatoms. The van der Waals surface area contributed by atoms with E-state index in [1.54, 1.807) is 17.8 Å². The lowest BCUT2D eigenvalue weighted by molar-refractivity contribution is 0.0603. The highest BCUT2D eigenvalue weighted by Gasteiger charge is 2.33. The first-order valence-electron chi connectivity index (χ1n) is 10.3. The van der Waals surface area contributed by atoms with Gasteiger partial charge in [-0.15, -0.1) is 0 Å². The molecule has 0 saturated carbocycles. The first kappa shape index (κ1) is 20.1. The Hall–Kier alpha value is -3.22. The third kappa shape index (κ3) is 3.34. The van der Waals surface area contributed by atoms with Crippen LogP contribution in [-0.2, 0) is 7.05 Å². The molecule has 7 nitrogen and oxygen atoms in total. The molecule has 1 fully saturated rings. The summed E-state index contributed by atoms with van der Waals surface area (Å²) in [7, 11) is 1.71. The van der Waals surface area contributed by atoms with Gasteiger partial charge in [-0.25, -0.2) is 0 Å². The van der Waals surface area contributed by atoms with Crippen LogP contribution in [0.5, 0.6) is 0 Å². The Labute approximate surface area is 175 Å². The first-order valence-corrected chi connectivity index (χ1v) is 10.3. The highest BCUT2D eigenvalue weighted by atomic mass is 16.2. The number of likely N-dealkylation sites (tertiary alicyclic amines) is 1. The van der Waals surface area contributed by atoms with Crippen LogP contribution >= 0.6 is 0 Å². The summed E-state index contributed by atoms with van der Waals surface area (Å²) in [4.78, 5) is 32.5. The maximum Gasteiger partial charge on any atom is 0.263 e. The Balaban J connectivity index is 1.77. The molecule has 3 aromatic heterocycles. The number of carbonyl (C=O) groups excluding carboxylic acids is 1. The summed E-state index contributed by atoms with van der Waals surface area (Å²) in [5, 5.41) is 7.43. The van der Waals surface area contributed by atoms with E-state index in [1.165, 1.54) is 0 Å². The number of piperidine rings is 1. The molecular formula is C23H27N5O2. The van der Waals surface area contributed by atoms with Crippen molar-refractivity contribution < 1.29 is 4.79 Å². The predicted molar refractivity (Wildman–Crippen MR) is 115 cm³/mol. The number of rotatable bonds is 3. The third-order valence-electron chi connectivity index (χ3n) is 6.16. The van der Waals surface area contributed by atoms with E-state index in [0.29, 0.717) is 6.54 Å². The second-order valence-corrected chi connectivity index (χ2v) is 8.11. The van der Waals surface area contributed by atoms with E-state index in [4.69, 9.17) is 0 Å². The minimum atomic E-state index is -0.239. The molecule has 1 atom stereocenters. The Morgan fingerprint density at radius 2 is 1.93 bits per heavy atom. The van der Waals surface area contributed by atoms with Crippen molar-refractivity contribution in [2.24, 2.45) is 7.05 Å². The molecule has 1 amide bonds.